The highest BCUT2D eigenvalue weighted by atomic mass is 32.2. The Hall–Kier alpha value is -1.79. The minimum atomic E-state index is -3.23. The minimum Gasteiger partial charge on any atom is -0.478 e. The summed E-state index contributed by atoms with van der Waals surface area (Å²) in [5.41, 5.74) is 1.11. The fourth-order valence-corrected chi connectivity index (χ4v) is 3.46. The maximum atomic E-state index is 11.4. The van der Waals surface area contributed by atoms with Gasteiger partial charge in [0, 0.05) is 16.0 Å². The van der Waals surface area contributed by atoms with E-state index in [1.165, 1.54) is 23.9 Å². The Labute approximate surface area is 127 Å². The first-order chi connectivity index (χ1) is 9.79. The average Bonchev–Trinajstić information content (AvgIpc) is 2.40. The van der Waals surface area contributed by atoms with Gasteiger partial charge in [-0.05, 0) is 42.8 Å². The van der Waals surface area contributed by atoms with E-state index in [-0.39, 0.29) is 10.5 Å². The zero-order chi connectivity index (χ0) is 15.6. The lowest BCUT2D eigenvalue weighted by Crippen LogP contribution is -2.00. The van der Waals surface area contributed by atoms with Crippen molar-refractivity contribution in [2.75, 3.05) is 6.26 Å². The topological polar surface area (TPSA) is 71.4 Å². The maximum absolute atomic E-state index is 11.4. The fourth-order valence-electron chi connectivity index (χ4n) is 1.83. The van der Waals surface area contributed by atoms with E-state index < -0.39 is 15.8 Å². The number of carbonyl (C=O) groups is 1. The van der Waals surface area contributed by atoms with Gasteiger partial charge < -0.3 is 5.11 Å². The Balaban J connectivity index is 2.37. The van der Waals surface area contributed by atoms with Crippen LogP contribution in [0.25, 0.3) is 0 Å². The zero-order valence-electron chi connectivity index (χ0n) is 11.5. The molecule has 0 unspecified atom stereocenters. The lowest BCUT2D eigenvalue weighted by molar-refractivity contribution is 0.0693. The molecule has 0 amide bonds. The summed E-state index contributed by atoms with van der Waals surface area (Å²) in [6.45, 7) is 1.85. The van der Waals surface area contributed by atoms with E-state index in [0.717, 1.165) is 16.7 Å². The van der Waals surface area contributed by atoms with Gasteiger partial charge in [-0.3, -0.25) is 0 Å². The average molecular weight is 322 g/mol. The summed E-state index contributed by atoms with van der Waals surface area (Å²) < 4.78 is 22.8. The van der Waals surface area contributed by atoms with E-state index in [0.29, 0.717) is 4.90 Å². The quantitative estimate of drug-likeness (QED) is 0.935. The first-order valence-electron chi connectivity index (χ1n) is 6.10. The number of carboxylic acid groups (broad SMARTS) is 1. The Morgan fingerprint density at radius 3 is 2.24 bits per heavy atom. The van der Waals surface area contributed by atoms with E-state index in [1.807, 2.05) is 13.0 Å². The van der Waals surface area contributed by atoms with Crippen molar-refractivity contribution in [2.45, 2.75) is 21.6 Å². The molecular weight excluding hydrogens is 308 g/mol. The molecule has 0 aliphatic heterocycles. The molecule has 110 valence electrons. The van der Waals surface area contributed by atoms with Crippen molar-refractivity contribution in [3.63, 3.8) is 0 Å². The number of hydrogen-bond donors (Lipinski definition) is 1. The van der Waals surface area contributed by atoms with Gasteiger partial charge in [-0.1, -0.05) is 23.9 Å². The number of carboxylic acids is 1. The van der Waals surface area contributed by atoms with Crippen LogP contribution in [0.2, 0.25) is 0 Å². The molecule has 0 saturated carbocycles. The van der Waals surface area contributed by atoms with Gasteiger partial charge in [0.25, 0.3) is 0 Å². The molecule has 4 nitrogen and oxygen atoms in total. The molecule has 1 N–H and O–H groups in total. The van der Waals surface area contributed by atoms with Crippen LogP contribution in [0, 0.1) is 6.92 Å². The second-order valence-electron chi connectivity index (χ2n) is 4.60. The van der Waals surface area contributed by atoms with Crippen molar-refractivity contribution in [2.24, 2.45) is 0 Å². The molecule has 2 aromatic rings. The van der Waals surface area contributed by atoms with Crippen molar-refractivity contribution in [1.82, 2.24) is 0 Å². The van der Waals surface area contributed by atoms with Gasteiger partial charge in [0.05, 0.1) is 10.5 Å². The number of benzene rings is 2. The van der Waals surface area contributed by atoms with Crippen LogP contribution in [0.4, 0.5) is 0 Å². The fraction of sp³-hybridized carbons (Fsp3) is 0.133. The Morgan fingerprint density at radius 2 is 1.71 bits per heavy atom. The van der Waals surface area contributed by atoms with E-state index in [1.54, 1.807) is 24.3 Å². The molecule has 0 radical (unpaired) electrons. The van der Waals surface area contributed by atoms with Crippen LogP contribution in [0.3, 0.4) is 0 Å². The van der Waals surface area contributed by atoms with Gasteiger partial charge in [0.15, 0.2) is 9.84 Å². The van der Waals surface area contributed by atoms with Gasteiger partial charge >= 0.3 is 5.97 Å². The van der Waals surface area contributed by atoms with Crippen molar-refractivity contribution in [3.8, 4) is 0 Å². The molecule has 2 rings (SSSR count). The molecule has 6 heteroatoms. The zero-order valence-corrected chi connectivity index (χ0v) is 13.2. The van der Waals surface area contributed by atoms with Crippen LogP contribution in [-0.4, -0.2) is 25.7 Å². The van der Waals surface area contributed by atoms with Crippen LogP contribution in [0.1, 0.15) is 15.9 Å². The molecule has 0 heterocycles. The summed E-state index contributed by atoms with van der Waals surface area (Å²) >= 11 is 1.31. The molecule has 0 saturated heterocycles. The van der Waals surface area contributed by atoms with E-state index >= 15 is 0 Å². The first-order valence-corrected chi connectivity index (χ1v) is 8.80. The van der Waals surface area contributed by atoms with E-state index in [4.69, 9.17) is 0 Å². The number of sulfone groups is 1. The Bertz CT molecular complexity index is 778. The SMILES string of the molecule is Cc1cccc(C(=O)O)c1Sc1ccc(S(C)(=O)=O)cc1. The molecule has 21 heavy (non-hydrogen) atoms. The summed E-state index contributed by atoms with van der Waals surface area (Å²) in [7, 11) is -3.23. The van der Waals surface area contributed by atoms with Crippen LogP contribution >= 0.6 is 11.8 Å². The van der Waals surface area contributed by atoms with Crippen LogP contribution < -0.4 is 0 Å². The highest BCUT2D eigenvalue weighted by molar-refractivity contribution is 7.99. The number of aryl methyl sites for hydroxylation is 1. The largest absolute Gasteiger partial charge is 0.478 e. The van der Waals surface area contributed by atoms with Gasteiger partial charge in [-0.25, -0.2) is 13.2 Å². The smallest absolute Gasteiger partial charge is 0.336 e. The minimum absolute atomic E-state index is 0.243. The Morgan fingerprint density at radius 1 is 1.10 bits per heavy atom. The molecule has 0 atom stereocenters. The summed E-state index contributed by atoms with van der Waals surface area (Å²) in [4.78, 5) is 13.0. The molecule has 0 aliphatic carbocycles. The molecule has 2 aromatic carbocycles. The second-order valence-corrected chi connectivity index (χ2v) is 7.70. The predicted octanol–water partition coefficient (Wildman–Crippen LogP) is 3.25. The standard InChI is InChI=1S/C15H14O4S2/c1-10-4-3-5-13(15(16)17)14(10)20-11-6-8-12(9-7-11)21(2,18)19/h3-9H,1-2H3,(H,16,17). The van der Waals surface area contributed by atoms with Crippen LogP contribution in [-0.2, 0) is 9.84 Å². The van der Waals surface area contributed by atoms with Crippen molar-refractivity contribution < 1.29 is 18.3 Å². The third-order valence-corrected chi connectivity index (χ3v) is 5.30. The number of hydrogen-bond acceptors (Lipinski definition) is 4. The molecule has 0 aromatic heterocycles. The van der Waals surface area contributed by atoms with Crippen molar-refractivity contribution >= 4 is 27.6 Å². The van der Waals surface area contributed by atoms with Crippen molar-refractivity contribution in [3.05, 3.63) is 53.6 Å². The van der Waals surface area contributed by atoms with Crippen molar-refractivity contribution in [1.29, 1.82) is 0 Å². The summed E-state index contributed by atoms with van der Waals surface area (Å²) in [6.07, 6.45) is 1.15. The molecule has 0 bridgehead atoms. The lowest BCUT2D eigenvalue weighted by atomic mass is 10.1. The monoisotopic (exact) mass is 322 g/mol. The number of aromatic carboxylic acids is 1. The second kappa shape index (κ2) is 5.91. The van der Waals surface area contributed by atoms with Gasteiger partial charge in [-0.2, -0.15) is 0 Å². The summed E-state index contributed by atoms with van der Waals surface area (Å²) in [5.74, 6) is -0.978. The van der Waals surface area contributed by atoms with Gasteiger partial charge in [0.1, 0.15) is 0 Å². The maximum Gasteiger partial charge on any atom is 0.336 e. The molecule has 0 aliphatic rings. The van der Waals surface area contributed by atoms with Crippen LogP contribution in [0.15, 0.2) is 57.2 Å². The van der Waals surface area contributed by atoms with Gasteiger partial charge in [0.2, 0.25) is 0 Å². The molecule has 0 spiro atoms. The van der Waals surface area contributed by atoms with E-state index in [2.05, 4.69) is 0 Å². The van der Waals surface area contributed by atoms with E-state index in [9.17, 15) is 18.3 Å². The third kappa shape index (κ3) is 3.65. The summed E-state index contributed by atoms with van der Waals surface area (Å²) in [6, 6.07) is 11.5. The van der Waals surface area contributed by atoms with Gasteiger partial charge in [-0.15, -0.1) is 0 Å². The Kier molecular flexibility index (Phi) is 4.39. The molecule has 0 fully saturated rings. The summed E-state index contributed by atoms with van der Waals surface area (Å²) in [5, 5.41) is 9.23. The highest BCUT2D eigenvalue weighted by Crippen LogP contribution is 2.33. The predicted molar refractivity (Wildman–Crippen MR) is 81.8 cm³/mol. The van der Waals surface area contributed by atoms with Crippen LogP contribution in [0.5, 0.6) is 0 Å². The lowest BCUT2D eigenvalue weighted by Gasteiger charge is -2.09. The number of rotatable bonds is 4. The first kappa shape index (κ1) is 15.6. The highest BCUT2D eigenvalue weighted by Gasteiger charge is 2.14. The third-order valence-electron chi connectivity index (χ3n) is 2.91. The normalized spacial score (nSPS) is 11.3. The molecular formula is C15H14O4S2.